The molecule has 0 radical (unpaired) electrons. The lowest BCUT2D eigenvalue weighted by Gasteiger charge is -2.06. The van der Waals surface area contributed by atoms with E-state index in [0.29, 0.717) is 0 Å². The van der Waals surface area contributed by atoms with E-state index in [1.807, 2.05) is 0 Å². The van der Waals surface area contributed by atoms with Gasteiger partial charge in [-0.1, -0.05) is 5.16 Å². The maximum Gasteiger partial charge on any atom is 0.222 e. The summed E-state index contributed by atoms with van der Waals surface area (Å²) >= 11 is 2.90. The van der Waals surface area contributed by atoms with Gasteiger partial charge in [-0.15, -0.1) is 0 Å². The third-order valence-electron chi connectivity index (χ3n) is 1.96. The number of rotatable bonds is 1. The molecule has 1 aromatic heterocycles. The van der Waals surface area contributed by atoms with Crippen LogP contribution in [0.2, 0.25) is 0 Å². The van der Waals surface area contributed by atoms with Gasteiger partial charge in [0.05, 0.1) is 10.0 Å². The van der Waals surface area contributed by atoms with Crippen molar-refractivity contribution in [3.05, 3.63) is 22.4 Å². The van der Waals surface area contributed by atoms with Gasteiger partial charge in [0.2, 0.25) is 5.88 Å². The van der Waals surface area contributed by atoms with Crippen LogP contribution in [0.5, 0.6) is 11.5 Å². The van der Waals surface area contributed by atoms with Crippen molar-refractivity contribution in [1.29, 1.82) is 0 Å². The Labute approximate surface area is 97.4 Å². The number of phenolic OH excluding ortho intramolecular Hbond substituents is 2. The Balaban J connectivity index is 2.73. The minimum atomic E-state index is -0.761. The average molecular weight is 289 g/mol. The molecule has 0 saturated carbocycles. The number of hydrogen-bond donors (Lipinski definition) is 3. The minimum Gasteiger partial charge on any atom is -0.504 e. The summed E-state index contributed by atoms with van der Waals surface area (Å²) in [6, 6.07) is 2.28. The number of hydrogen-bond acceptors (Lipinski definition) is 5. The summed E-state index contributed by atoms with van der Waals surface area (Å²) in [6.45, 7) is 0. The molecule has 7 heteroatoms. The number of nitrogens with two attached hydrogens (primary N) is 1. The Morgan fingerprint density at radius 2 is 2.06 bits per heavy atom. The first kappa shape index (κ1) is 10.7. The predicted octanol–water partition coefficient (Wildman–Crippen LogP) is 2.24. The van der Waals surface area contributed by atoms with Gasteiger partial charge in [-0.25, -0.2) is 4.39 Å². The maximum absolute atomic E-state index is 13.7. The van der Waals surface area contributed by atoms with Crippen molar-refractivity contribution in [1.82, 2.24) is 5.16 Å². The lowest BCUT2D eigenvalue weighted by Crippen LogP contribution is -1.88. The standard InChI is InChI=1S/C9H6BrFN2O3/c10-3-1-5(14)9(15)7(8(3)11)4-2-6(12)16-13-4/h1-2,14-15H,12H2. The van der Waals surface area contributed by atoms with Gasteiger partial charge in [0.1, 0.15) is 5.69 Å². The highest BCUT2D eigenvalue weighted by molar-refractivity contribution is 9.10. The molecule has 16 heavy (non-hydrogen) atoms. The van der Waals surface area contributed by atoms with E-state index in [-0.39, 0.29) is 21.6 Å². The number of benzene rings is 1. The van der Waals surface area contributed by atoms with Crippen LogP contribution in [0.15, 0.2) is 21.1 Å². The largest absolute Gasteiger partial charge is 0.504 e. The van der Waals surface area contributed by atoms with Crippen LogP contribution in [0.1, 0.15) is 0 Å². The zero-order valence-corrected chi connectivity index (χ0v) is 9.32. The summed E-state index contributed by atoms with van der Waals surface area (Å²) in [5.41, 5.74) is 5.02. The Morgan fingerprint density at radius 3 is 2.62 bits per heavy atom. The lowest BCUT2D eigenvalue weighted by atomic mass is 10.1. The molecular weight excluding hydrogens is 283 g/mol. The van der Waals surface area contributed by atoms with Gasteiger partial charge in [0, 0.05) is 12.1 Å². The lowest BCUT2D eigenvalue weighted by molar-refractivity contribution is 0.399. The van der Waals surface area contributed by atoms with Crippen molar-refractivity contribution in [2.45, 2.75) is 0 Å². The Kier molecular flexibility index (Phi) is 2.47. The van der Waals surface area contributed by atoms with Crippen molar-refractivity contribution in [2.75, 3.05) is 5.73 Å². The number of halogens is 2. The van der Waals surface area contributed by atoms with Crippen LogP contribution >= 0.6 is 15.9 Å². The van der Waals surface area contributed by atoms with Crippen LogP contribution < -0.4 is 5.73 Å². The molecule has 4 N–H and O–H groups in total. The Hall–Kier alpha value is -1.76. The fourth-order valence-electron chi connectivity index (χ4n) is 1.24. The summed E-state index contributed by atoms with van der Waals surface area (Å²) in [7, 11) is 0. The SMILES string of the molecule is Nc1cc(-c2c(O)c(O)cc(Br)c2F)no1. The van der Waals surface area contributed by atoms with Gasteiger partial charge >= 0.3 is 0 Å². The van der Waals surface area contributed by atoms with Gasteiger partial charge in [-0.3, -0.25) is 0 Å². The average Bonchev–Trinajstić information content (AvgIpc) is 2.62. The fourth-order valence-corrected chi connectivity index (χ4v) is 1.66. The van der Waals surface area contributed by atoms with Gasteiger partial charge < -0.3 is 20.5 Å². The first-order chi connectivity index (χ1) is 7.50. The summed E-state index contributed by atoms with van der Waals surface area (Å²) in [5, 5.41) is 22.3. The van der Waals surface area contributed by atoms with Crippen molar-refractivity contribution in [3.8, 4) is 22.8 Å². The molecule has 0 aliphatic rings. The molecular formula is C9H6BrFN2O3. The third-order valence-corrected chi connectivity index (χ3v) is 2.53. The highest BCUT2D eigenvalue weighted by Crippen LogP contribution is 2.41. The molecule has 0 aliphatic heterocycles. The van der Waals surface area contributed by atoms with E-state index in [9.17, 15) is 14.6 Å². The van der Waals surface area contributed by atoms with E-state index in [0.717, 1.165) is 6.07 Å². The number of anilines is 1. The fraction of sp³-hybridized carbons (Fsp3) is 0. The highest BCUT2D eigenvalue weighted by Gasteiger charge is 2.20. The second-order valence-corrected chi connectivity index (χ2v) is 3.88. The van der Waals surface area contributed by atoms with Gasteiger partial charge in [0.25, 0.3) is 0 Å². The monoisotopic (exact) mass is 288 g/mol. The van der Waals surface area contributed by atoms with E-state index in [4.69, 9.17) is 5.73 Å². The molecule has 0 fully saturated rings. The molecule has 0 amide bonds. The molecule has 2 rings (SSSR count). The molecule has 0 spiro atoms. The van der Waals surface area contributed by atoms with Crippen LogP contribution in [0.3, 0.4) is 0 Å². The zero-order valence-electron chi connectivity index (χ0n) is 7.74. The van der Waals surface area contributed by atoms with Crippen LogP contribution in [-0.4, -0.2) is 15.4 Å². The molecule has 1 aromatic carbocycles. The molecule has 0 saturated heterocycles. The zero-order chi connectivity index (χ0) is 11.9. The van der Waals surface area contributed by atoms with Crippen molar-refractivity contribution in [2.24, 2.45) is 0 Å². The van der Waals surface area contributed by atoms with Crippen molar-refractivity contribution >= 4 is 21.8 Å². The predicted molar refractivity (Wildman–Crippen MR) is 57.3 cm³/mol. The number of aromatic hydroxyl groups is 2. The smallest absolute Gasteiger partial charge is 0.222 e. The quantitative estimate of drug-likeness (QED) is 0.700. The van der Waals surface area contributed by atoms with Crippen molar-refractivity contribution < 1.29 is 19.1 Å². The number of nitrogens with zero attached hydrogens (tertiary/aromatic N) is 1. The van der Waals surface area contributed by atoms with Crippen LogP contribution in [-0.2, 0) is 0 Å². The maximum atomic E-state index is 13.7. The topological polar surface area (TPSA) is 92.5 Å². The summed E-state index contributed by atoms with van der Waals surface area (Å²) in [4.78, 5) is 0. The number of nitrogen functional groups attached to an aromatic ring is 1. The molecule has 0 unspecified atom stereocenters. The Morgan fingerprint density at radius 1 is 1.38 bits per heavy atom. The van der Waals surface area contributed by atoms with E-state index in [1.54, 1.807) is 0 Å². The van der Waals surface area contributed by atoms with Crippen molar-refractivity contribution in [3.63, 3.8) is 0 Å². The minimum absolute atomic E-state index is 0.000582. The first-order valence-corrected chi connectivity index (χ1v) is 4.92. The highest BCUT2D eigenvalue weighted by atomic mass is 79.9. The molecule has 0 atom stereocenters. The third kappa shape index (κ3) is 1.58. The van der Waals surface area contributed by atoms with E-state index < -0.39 is 17.3 Å². The summed E-state index contributed by atoms with van der Waals surface area (Å²) < 4.78 is 18.3. The Bertz CT molecular complexity index is 530. The number of phenols is 2. The molecule has 84 valence electrons. The number of aromatic nitrogens is 1. The summed E-state index contributed by atoms with van der Waals surface area (Å²) in [5.74, 6) is -1.87. The van der Waals surface area contributed by atoms with Crippen LogP contribution in [0.4, 0.5) is 10.3 Å². The molecule has 1 heterocycles. The molecule has 0 bridgehead atoms. The van der Waals surface area contributed by atoms with Gasteiger partial charge in [0.15, 0.2) is 17.3 Å². The van der Waals surface area contributed by atoms with Crippen LogP contribution in [0, 0.1) is 5.82 Å². The van der Waals surface area contributed by atoms with E-state index in [2.05, 4.69) is 25.6 Å². The van der Waals surface area contributed by atoms with Gasteiger partial charge in [-0.2, -0.15) is 0 Å². The van der Waals surface area contributed by atoms with Gasteiger partial charge in [-0.05, 0) is 15.9 Å². The first-order valence-electron chi connectivity index (χ1n) is 4.13. The van der Waals surface area contributed by atoms with E-state index >= 15 is 0 Å². The van der Waals surface area contributed by atoms with Crippen LogP contribution in [0.25, 0.3) is 11.3 Å². The van der Waals surface area contributed by atoms with E-state index in [1.165, 1.54) is 6.07 Å². The molecule has 0 aliphatic carbocycles. The molecule has 5 nitrogen and oxygen atoms in total. The molecule has 2 aromatic rings. The second kappa shape index (κ2) is 3.67. The normalized spacial score (nSPS) is 10.6. The summed E-state index contributed by atoms with van der Waals surface area (Å²) in [6.07, 6.45) is 0. The second-order valence-electron chi connectivity index (χ2n) is 3.03.